The Bertz CT molecular complexity index is 1330. The highest BCUT2D eigenvalue weighted by atomic mass is 32.2. The first-order valence-corrected chi connectivity index (χ1v) is 10.7. The van der Waals surface area contributed by atoms with E-state index in [0.717, 1.165) is 5.39 Å². The Hall–Kier alpha value is -3.39. The number of carbonyl (C=O) groups excluding carboxylic acids is 1. The second-order valence-electron chi connectivity index (χ2n) is 7.72. The maximum atomic E-state index is 12.9. The number of rotatable bonds is 3. The summed E-state index contributed by atoms with van der Waals surface area (Å²) in [6.45, 7) is 5.32. The number of nitrogens with zero attached hydrogens (tertiary/aromatic N) is 2. The average molecular weight is 424 g/mol. The Morgan fingerprint density at radius 1 is 1.03 bits per heavy atom. The van der Waals surface area contributed by atoms with Crippen LogP contribution < -0.4 is 0 Å². The predicted molar refractivity (Wildman–Crippen MR) is 111 cm³/mol. The lowest BCUT2D eigenvalue weighted by Gasteiger charge is -2.20. The number of ether oxygens (including phenoxy) is 1. The van der Waals surface area contributed by atoms with E-state index in [1.807, 2.05) is 12.1 Å². The molecule has 8 heteroatoms. The van der Waals surface area contributed by atoms with Gasteiger partial charge in [-0.1, -0.05) is 36.4 Å². The van der Waals surface area contributed by atoms with Gasteiger partial charge in [-0.3, -0.25) is 0 Å². The Morgan fingerprint density at radius 3 is 2.40 bits per heavy atom. The molecule has 2 aromatic heterocycles. The van der Waals surface area contributed by atoms with Crippen LogP contribution in [0.4, 0.5) is 4.79 Å². The lowest BCUT2D eigenvalue weighted by molar-refractivity contribution is 0.0547. The fourth-order valence-electron chi connectivity index (χ4n) is 3.05. The first-order chi connectivity index (χ1) is 14.2. The molecule has 0 aliphatic heterocycles. The van der Waals surface area contributed by atoms with Crippen molar-refractivity contribution in [1.82, 2.24) is 9.55 Å². The van der Waals surface area contributed by atoms with Crippen molar-refractivity contribution in [2.45, 2.75) is 36.5 Å². The number of aromatic nitrogens is 2. The summed E-state index contributed by atoms with van der Waals surface area (Å²) in [6, 6.07) is 16.9. The molecule has 0 amide bonds. The van der Waals surface area contributed by atoms with Crippen molar-refractivity contribution < 1.29 is 22.4 Å². The topological polar surface area (TPSA) is 91.4 Å². The van der Waals surface area contributed by atoms with Crippen LogP contribution in [0.1, 0.15) is 20.8 Å². The molecular weight excluding hydrogens is 404 g/mol. The van der Waals surface area contributed by atoms with E-state index in [2.05, 4.69) is 4.98 Å². The smallest absolute Gasteiger partial charge is 0.419 e. The Kier molecular flexibility index (Phi) is 4.74. The van der Waals surface area contributed by atoms with Gasteiger partial charge in [0, 0.05) is 5.39 Å². The molecule has 0 N–H and O–H groups in total. The molecule has 4 rings (SSSR count). The molecule has 0 radical (unpaired) electrons. The van der Waals surface area contributed by atoms with Crippen molar-refractivity contribution in [3.05, 3.63) is 66.9 Å². The fraction of sp³-hybridized carbons (Fsp3) is 0.182. The number of benzene rings is 2. The van der Waals surface area contributed by atoms with Crippen LogP contribution in [-0.2, 0) is 14.6 Å². The Balaban J connectivity index is 1.83. The Morgan fingerprint density at radius 2 is 1.70 bits per heavy atom. The minimum atomic E-state index is -3.92. The van der Waals surface area contributed by atoms with Gasteiger partial charge in [0.05, 0.1) is 16.1 Å². The van der Waals surface area contributed by atoms with Gasteiger partial charge >= 0.3 is 11.3 Å². The number of hydrogen-bond acceptors (Lipinski definition) is 6. The molecular formula is C22H20N2O5S. The summed E-state index contributed by atoms with van der Waals surface area (Å²) in [5.74, 6) is 0. The van der Waals surface area contributed by atoms with Gasteiger partial charge in [0.2, 0.25) is 0 Å². The van der Waals surface area contributed by atoms with E-state index >= 15 is 0 Å². The third-order valence-electron chi connectivity index (χ3n) is 4.32. The van der Waals surface area contributed by atoms with Gasteiger partial charge in [0.1, 0.15) is 17.6 Å². The van der Waals surface area contributed by atoms with Gasteiger partial charge < -0.3 is 9.15 Å². The van der Waals surface area contributed by atoms with Gasteiger partial charge in [0.25, 0.3) is 9.84 Å². The molecule has 2 aromatic carbocycles. The summed E-state index contributed by atoms with van der Waals surface area (Å²) >= 11 is 0. The number of fused-ring (bicyclic) bond motifs is 1. The average Bonchev–Trinajstić information content (AvgIpc) is 3.32. The van der Waals surface area contributed by atoms with E-state index in [4.69, 9.17) is 9.15 Å². The van der Waals surface area contributed by atoms with Gasteiger partial charge in [-0.2, -0.15) is 4.98 Å². The molecule has 0 aliphatic carbocycles. The molecule has 0 aliphatic rings. The lowest BCUT2D eigenvalue weighted by Crippen LogP contribution is -2.27. The second-order valence-corrected chi connectivity index (χ2v) is 9.55. The van der Waals surface area contributed by atoms with Crippen molar-refractivity contribution in [2.24, 2.45) is 0 Å². The Labute approximate surface area is 173 Å². The summed E-state index contributed by atoms with van der Waals surface area (Å²) in [7, 11) is -3.92. The molecule has 4 aromatic rings. The van der Waals surface area contributed by atoms with E-state index < -0.39 is 26.8 Å². The molecule has 0 atom stereocenters. The monoisotopic (exact) mass is 424 g/mol. The maximum absolute atomic E-state index is 12.9. The SMILES string of the molecule is CC(C)(C)OC(=O)n1c(-c2coc(S(=O)(=O)c3ccccc3)n2)cc2ccccc21. The largest absolute Gasteiger partial charge is 0.443 e. The van der Waals surface area contributed by atoms with Crippen molar-refractivity contribution in [3.8, 4) is 11.4 Å². The number of oxazole rings is 1. The van der Waals surface area contributed by atoms with E-state index in [1.165, 1.54) is 23.0 Å². The zero-order chi connectivity index (χ0) is 21.5. The highest BCUT2D eigenvalue weighted by Gasteiger charge is 2.27. The summed E-state index contributed by atoms with van der Waals surface area (Å²) in [5.41, 5.74) is 0.512. The van der Waals surface area contributed by atoms with Crippen LogP contribution in [-0.4, -0.2) is 29.7 Å². The summed E-state index contributed by atoms with van der Waals surface area (Å²) < 4.78 is 37.8. The summed E-state index contributed by atoms with van der Waals surface area (Å²) in [6.07, 6.45) is 0.638. The first-order valence-electron chi connectivity index (χ1n) is 9.27. The van der Waals surface area contributed by atoms with E-state index in [0.29, 0.717) is 11.2 Å². The lowest BCUT2D eigenvalue weighted by atomic mass is 10.2. The highest BCUT2D eigenvalue weighted by molar-refractivity contribution is 7.91. The van der Waals surface area contributed by atoms with Crippen LogP contribution in [0.15, 0.2) is 81.5 Å². The molecule has 30 heavy (non-hydrogen) atoms. The van der Waals surface area contributed by atoms with Crippen molar-refractivity contribution in [2.75, 3.05) is 0 Å². The van der Waals surface area contributed by atoms with Gasteiger partial charge in [-0.15, -0.1) is 0 Å². The second kappa shape index (κ2) is 7.14. The molecule has 0 saturated heterocycles. The van der Waals surface area contributed by atoms with Crippen molar-refractivity contribution >= 4 is 26.8 Å². The number of sulfone groups is 1. The zero-order valence-electron chi connectivity index (χ0n) is 16.7. The molecule has 7 nitrogen and oxygen atoms in total. The molecule has 0 spiro atoms. The first kappa shape index (κ1) is 19.9. The van der Waals surface area contributed by atoms with Crippen molar-refractivity contribution in [1.29, 1.82) is 0 Å². The molecule has 2 heterocycles. The van der Waals surface area contributed by atoms with Gasteiger partial charge in [-0.25, -0.2) is 17.8 Å². The fourth-order valence-corrected chi connectivity index (χ4v) is 4.16. The van der Waals surface area contributed by atoms with Crippen LogP contribution in [0.3, 0.4) is 0 Å². The zero-order valence-corrected chi connectivity index (χ0v) is 17.5. The molecule has 0 bridgehead atoms. The van der Waals surface area contributed by atoms with Crippen LogP contribution in [0, 0.1) is 0 Å². The minimum Gasteiger partial charge on any atom is -0.443 e. The normalized spacial score (nSPS) is 12.2. The molecule has 0 saturated carbocycles. The standard InChI is InChI=1S/C22H20N2O5S/c1-22(2,3)29-21(25)24-18-12-8-7-9-15(18)13-19(24)17-14-28-20(23-17)30(26,27)16-10-5-4-6-11-16/h4-14H,1-3H3. The van der Waals surface area contributed by atoms with E-state index in [-0.39, 0.29) is 10.6 Å². The number of para-hydroxylation sites is 1. The predicted octanol–water partition coefficient (Wildman–Crippen LogP) is 4.91. The maximum Gasteiger partial charge on any atom is 0.419 e. The summed E-state index contributed by atoms with van der Waals surface area (Å²) in [5, 5.41) is 0.346. The van der Waals surface area contributed by atoms with Crippen LogP contribution in [0.5, 0.6) is 0 Å². The number of carbonyl (C=O) groups is 1. The van der Waals surface area contributed by atoms with Crippen LogP contribution in [0.2, 0.25) is 0 Å². The van der Waals surface area contributed by atoms with E-state index in [9.17, 15) is 13.2 Å². The van der Waals surface area contributed by atoms with Gasteiger partial charge in [-0.05, 0) is 45.0 Å². The quantitative estimate of drug-likeness (QED) is 0.464. The molecule has 0 unspecified atom stereocenters. The minimum absolute atomic E-state index is 0.0751. The highest BCUT2D eigenvalue weighted by Crippen LogP contribution is 2.30. The molecule has 154 valence electrons. The third-order valence-corrected chi connectivity index (χ3v) is 5.86. The van der Waals surface area contributed by atoms with Gasteiger partial charge in [0.15, 0.2) is 0 Å². The van der Waals surface area contributed by atoms with E-state index in [1.54, 1.807) is 57.2 Å². The van der Waals surface area contributed by atoms with Crippen LogP contribution >= 0.6 is 0 Å². The third kappa shape index (κ3) is 3.61. The number of hydrogen-bond donors (Lipinski definition) is 0. The van der Waals surface area contributed by atoms with Crippen LogP contribution in [0.25, 0.3) is 22.3 Å². The molecule has 0 fully saturated rings. The van der Waals surface area contributed by atoms with Crippen molar-refractivity contribution in [3.63, 3.8) is 0 Å². The summed E-state index contributed by atoms with van der Waals surface area (Å²) in [4.78, 5) is 17.2.